The van der Waals surface area contributed by atoms with Crippen molar-refractivity contribution in [3.05, 3.63) is 48.0 Å². The van der Waals surface area contributed by atoms with Crippen LogP contribution in [0.25, 0.3) is 10.8 Å². The van der Waals surface area contributed by atoms with Gasteiger partial charge >= 0.3 is 0 Å². The molecule has 1 aliphatic heterocycles. The molecule has 2 N–H and O–H groups in total. The maximum absolute atomic E-state index is 4.40. The normalized spacial score (nSPS) is 17.6. The van der Waals surface area contributed by atoms with E-state index in [4.69, 9.17) is 0 Å². The Bertz CT molecular complexity index is 633. The van der Waals surface area contributed by atoms with Crippen molar-refractivity contribution in [3.63, 3.8) is 0 Å². The summed E-state index contributed by atoms with van der Waals surface area (Å²) in [6.45, 7) is 3.98. The molecule has 1 unspecified atom stereocenters. The molecule has 0 saturated heterocycles. The highest BCUT2D eigenvalue weighted by atomic mass is 32.2. The first-order valence-electron chi connectivity index (χ1n) is 7.42. The zero-order valence-corrected chi connectivity index (χ0v) is 13.1. The standard InChI is InChI=1S/C17H21N3S/c1-13-11-19-17(20-13)18-9-10-21-12-15-7-4-6-14-5-2-3-8-16(14)15/h2-8,13H,9-12H2,1H3,(H2,18,19,20). The summed E-state index contributed by atoms with van der Waals surface area (Å²) in [7, 11) is 0. The maximum Gasteiger partial charge on any atom is 0.191 e. The number of rotatable bonds is 5. The van der Waals surface area contributed by atoms with Crippen LogP contribution in [0.3, 0.4) is 0 Å². The molecule has 3 nitrogen and oxygen atoms in total. The molecular formula is C17H21N3S. The van der Waals surface area contributed by atoms with Gasteiger partial charge < -0.3 is 10.6 Å². The fourth-order valence-corrected chi connectivity index (χ4v) is 3.36. The second-order valence-corrected chi connectivity index (χ2v) is 6.46. The monoisotopic (exact) mass is 299 g/mol. The summed E-state index contributed by atoms with van der Waals surface area (Å²) >= 11 is 1.96. The van der Waals surface area contributed by atoms with E-state index in [9.17, 15) is 0 Å². The minimum atomic E-state index is 0.468. The molecule has 21 heavy (non-hydrogen) atoms. The molecule has 0 radical (unpaired) electrons. The van der Waals surface area contributed by atoms with E-state index in [1.807, 2.05) is 11.8 Å². The molecule has 2 aromatic carbocycles. The smallest absolute Gasteiger partial charge is 0.191 e. The predicted molar refractivity (Wildman–Crippen MR) is 93.0 cm³/mol. The molecule has 0 aliphatic carbocycles. The van der Waals surface area contributed by atoms with Crippen molar-refractivity contribution in [3.8, 4) is 0 Å². The van der Waals surface area contributed by atoms with Crippen molar-refractivity contribution in [2.75, 3.05) is 18.8 Å². The largest absolute Gasteiger partial charge is 0.356 e. The first-order valence-corrected chi connectivity index (χ1v) is 8.57. The Morgan fingerprint density at radius 1 is 1.24 bits per heavy atom. The van der Waals surface area contributed by atoms with Gasteiger partial charge in [-0.1, -0.05) is 42.5 Å². The van der Waals surface area contributed by atoms with E-state index in [0.29, 0.717) is 6.04 Å². The Morgan fingerprint density at radius 3 is 2.95 bits per heavy atom. The molecule has 0 spiro atoms. The van der Waals surface area contributed by atoms with Crippen LogP contribution in [0.4, 0.5) is 0 Å². The van der Waals surface area contributed by atoms with Crippen molar-refractivity contribution in [2.24, 2.45) is 4.99 Å². The minimum Gasteiger partial charge on any atom is -0.356 e. The van der Waals surface area contributed by atoms with Crippen LogP contribution in [0.2, 0.25) is 0 Å². The lowest BCUT2D eigenvalue weighted by Gasteiger charge is -2.09. The third-order valence-electron chi connectivity index (χ3n) is 3.58. The highest BCUT2D eigenvalue weighted by Gasteiger charge is 2.10. The van der Waals surface area contributed by atoms with Crippen LogP contribution in [0.5, 0.6) is 0 Å². The number of hydrogen-bond donors (Lipinski definition) is 2. The van der Waals surface area contributed by atoms with Gasteiger partial charge in [-0.3, -0.25) is 4.99 Å². The molecule has 0 saturated carbocycles. The lowest BCUT2D eigenvalue weighted by molar-refractivity contribution is 0.716. The van der Waals surface area contributed by atoms with Gasteiger partial charge in [-0.2, -0.15) is 11.8 Å². The number of benzene rings is 2. The zero-order valence-electron chi connectivity index (χ0n) is 12.3. The summed E-state index contributed by atoms with van der Waals surface area (Å²) in [6.07, 6.45) is 0. The van der Waals surface area contributed by atoms with Gasteiger partial charge in [0, 0.05) is 24.1 Å². The van der Waals surface area contributed by atoms with Crippen LogP contribution in [0.1, 0.15) is 12.5 Å². The molecule has 1 aliphatic rings. The molecule has 1 atom stereocenters. The summed E-state index contributed by atoms with van der Waals surface area (Å²) in [5, 5.41) is 9.37. The van der Waals surface area contributed by atoms with E-state index in [-0.39, 0.29) is 0 Å². The summed E-state index contributed by atoms with van der Waals surface area (Å²) in [5.74, 6) is 3.09. The highest BCUT2D eigenvalue weighted by molar-refractivity contribution is 7.98. The molecule has 2 aromatic rings. The van der Waals surface area contributed by atoms with E-state index in [1.54, 1.807) is 0 Å². The van der Waals surface area contributed by atoms with E-state index >= 15 is 0 Å². The first-order chi connectivity index (χ1) is 10.3. The number of thioether (sulfide) groups is 1. The van der Waals surface area contributed by atoms with E-state index < -0.39 is 0 Å². The van der Waals surface area contributed by atoms with Gasteiger partial charge in [0.15, 0.2) is 5.96 Å². The van der Waals surface area contributed by atoms with Crippen molar-refractivity contribution < 1.29 is 0 Å². The van der Waals surface area contributed by atoms with Crippen molar-refractivity contribution in [2.45, 2.75) is 18.7 Å². The molecule has 0 fully saturated rings. The van der Waals surface area contributed by atoms with Gasteiger partial charge in [-0.05, 0) is 23.3 Å². The molecule has 0 bridgehead atoms. The number of hydrogen-bond acceptors (Lipinski definition) is 4. The van der Waals surface area contributed by atoms with Crippen LogP contribution >= 0.6 is 11.8 Å². The van der Waals surface area contributed by atoms with Crippen LogP contribution < -0.4 is 10.6 Å². The van der Waals surface area contributed by atoms with E-state index in [1.165, 1.54) is 16.3 Å². The highest BCUT2D eigenvalue weighted by Crippen LogP contribution is 2.22. The second-order valence-electron chi connectivity index (χ2n) is 5.35. The van der Waals surface area contributed by atoms with Crippen LogP contribution in [-0.4, -0.2) is 30.8 Å². The van der Waals surface area contributed by atoms with Gasteiger partial charge in [-0.15, -0.1) is 0 Å². The Hall–Kier alpha value is -1.68. The van der Waals surface area contributed by atoms with Crippen molar-refractivity contribution in [1.82, 2.24) is 10.6 Å². The van der Waals surface area contributed by atoms with Crippen LogP contribution in [0.15, 0.2) is 47.5 Å². The van der Waals surface area contributed by atoms with Gasteiger partial charge in [0.1, 0.15) is 0 Å². The molecule has 4 heteroatoms. The lowest BCUT2D eigenvalue weighted by Crippen LogP contribution is -2.38. The molecule has 0 amide bonds. The number of fused-ring (bicyclic) bond motifs is 1. The number of nitrogens with one attached hydrogen (secondary N) is 2. The first kappa shape index (κ1) is 14.3. The summed E-state index contributed by atoms with van der Waals surface area (Å²) in [5.41, 5.74) is 1.42. The SMILES string of the molecule is CC1CN=C(NCCSCc2cccc3ccccc23)N1. The summed E-state index contributed by atoms with van der Waals surface area (Å²) in [6, 6.07) is 15.6. The fourth-order valence-electron chi connectivity index (χ4n) is 2.50. The zero-order chi connectivity index (χ0) is 14.5. The molecule has 3 rings (SSSR count). The van der Waals surface area contributed by atoms with Gasteiger partial charge in [0.2, 0.25) is 0 Å². The third kappa shape index (κ3) is 3.70. The topological polar surface area (TPSA) is 36.4 Å². The van der Waals surface area contributed by atoms with Crippen molar-refractivity contribution >= 4 is 28.5 Å². The predicted octanol–water partition coefficient (Wildman–Crippen LogP) is 3.01. The van der Waals surface area contributed by atoms with Gasteiger partial charge in [0.25, 0.3) is 0 Å². The number of nitrogens with zero attached hydrogens (tertiary/aromatic N) is 1. The Labute approximate surface area is 130 Å². The number of aliphatic imine (C=N–C) groups is 1. The third-order valence-corrected chi connectivity index (χ3v) is 4.59. The molecule has 0 aromatic heterocycles. The van der Waals surface area contributed by atoms with E-state index in [2.05, 4.69) is 65.0 Å². The maximum atomic E-state index is 4.40. The average molecular weight is 299 g/mol. The minimum absolute atomic E-state index is 0.468. The molecule has 110 valence electrons. The van der Waals surface area contributed by atoms with Gasteiger partial charge in [-0.25, -0.2) is 0 Å². The van der Waals surface area contributed by atoms with E-state index in [0.717, 1.165) is 30.6 Å². The van der Waals surface area contributed by atoms with Gasteiger partial charge in [0.05, 0.1) is 6.54 Å². The molecular weight excluding hydrogens is 278 g/mol. The van der Waals surface area contributed by atoms with Crippen LogP contribution in [-0.2, 0) is 5.75 Å². The second kappa shape index (κ2) is 6.85. The Balaban J connectivity index is 1.47. The Morgan fingerprint density at radius 2 is 2.10 bits per heavy atom. The lowest BCUT2D eigenvalue weighted by atomic mass is 10.1. The fraction of sp³-hybridized carbons (Fsp3) is 0.353. The number of guanidine groups is 1. The summed E-state index contributed by atoms with van der Waals surface area (Å²) < 4.78 is 0. The van der Waals surface area contributed by atoms with Crippen LogP contribution in [0, 0.1) is 0 Å². The molecule has 1 heterocycles. The average Bonchev–Trinajstić information content (AvgIpc) is 2.92. The summed E-state index contributed by atoms with van der Waals surface area (Å²) in [4.78, 5) is 4.40. The van der Waals surface area contributed by atoms with Crippen molar-refractivity contribution in [1.29, 1.82) is 0 Å². The Kier molecular flexibility index (Phi) is 4.65. The quantitative estimate of drug-likeness (QED) is 0.833.